The van der Waals surface area contributed by atoms with Gasteiger partial charge in [0, 0.05) is 23.4 Å². The van der Waals surface area contributed by atoms with Crippen LogP contribution in [0.1, 0.15) is 43.1 Å². The molecule has 0 spiro atoms. The number of aryl methyl sites for hydroxylation is 1. The van der Waals surface area contributed by atoms with Crippen molar-refractivity contribution in [2.45, 2.75) is 39.5 Å². The molecule has 33 heavy (non-hydrogen) atoms. The summed E-state index contributed by atoms with van der Waals surface area (Å²) in [6, 6.07) is 16.8. The number of carbonyl (C=O) groups is 1. The molecule has 0 saturated heterocycles. The average molecular weight is 462 g/mol. The number of phenols is 1. The number of hydrogen-bond donors (Lipinski definition) is 2. The molecule has 0 aliphatic carbocycles. The molecule has 0 saturated carbocycles. The predicted octanol–water partition coefficient (Wildman–Crippen LogP) is 6.56. The lowest BCUT2D eigenvalue weighted by atomic mass is 10.1. The second-order valence-electron chi connectivity index (χ2n) is 7.65. The van der Waals surface area contributed by atoms with Crippen LogP contribution in [0, 0.1) is 6.92 Å². The Morgan fingerprint density at radius 2 is 1.82 bits per heavy atom. The molecule has 0 atom stereocenters. The summed E-state index contributed by atoms with van der Waals surface area (Å²) in [6.07, 6.45) is 7.92. The fourth-order valence-electron chi connectivity index (χ4n) is 3.33. The molecule has 1 aromatic heterocycles. The molecule has 1 heterocycles. The van der Waals surface area contributed by atoms with Crippen LogP contribution in [-0.4, -0.2) is 21.0 Å². The number of hydrogen-bond acceptors (Lipinski definition) is 4. The SMILES string of the molecule is CC/C=C(Cl)\C=C/CCC(=O)Nc1nc(C)c(-c2ccc(O)cc2)nc1Cc1ccccc1. The van der Waals surface area contributed by atoms with E-state index in [9.17, 15) is 9.90 Å². The van der Waals surface area contributed by atoms with Crippen LogP contribution in [0.2, 0.25) is 0 Å². The van der Waals surface area contributed by atoms with Crippen LogP contribution < -0.4 is 5.32 Å². The molecule has 0 fully saturated rings. The highest BCUT2D eigenvalue weighted by Gasteiger charge is 2.15. The fourth-order valence-corrected chi connectivity index (χ4v) is 3.57. The minimum atomic E-state index is -0.129. The molecule has 0 radical (unpaired) electrons. The third-order valence-corrected chi connectivity index (χ3v) is 5.25. The summed E-state index contributed by atoms with van der Waals surface area (Å²) in [5.41, 5.74) is 4.03. The zero-order valence-electron chi connectivity index (χ0n) is 18.9. The number of phenolic OH excluding ortho intramolecular Hbond substituents is 1. The van der Waals surface area contributed by atoms with Gasteiger partial charge in [0.1, 0.15) is 5.75 Å². The molecule has 2 N–H and O–H groups in total. The van der Waals surface area contributed by atoms with Gasteiger partial charge in [-0.3, -0.25) is 4.79 Å². The number of halogens is 1. The van der Waals surface area contributed by atoms with Crippen LogP contribution in [0.15, 0.2) is 77.9 Å². The van der Waals surface area contributed by atoms with Gasteiger partial charge in [-0.15, -0.1) is 0 Å². The number of allylic oxidation sites excluding steroid dienone is 4. The first-order valence-electron chi connectivity index (χ1n) is 11.0. The van der Waals surface area contributed by atoms with Gasteiger partial charge in [-0.25, -0.2) is 9.97 Å². The first kappa shape index (κ1) is 24.2. The van der Waals surface area contributed by atoms with Crippen molar-refractivity contribution in [2.24, 2.45) is 0 Å². The summed E-state index contributed by atoms with van der Waals surface area (Å²) >= 11 is 6.06. The van der Waals surface area contributed by atoms with Crippen LogP contribution in [0.25, 0.3) is 11.3 Å². The maximum Gasteiger partial charge on any atom is 0.225 e. The normalized spacial score (nSPS) is 11.7. The van der Waals surface area contributed by atoms with Gasteiger partial charge < -0.3 is 10.4 Å². The Bertz CT molecular complexity index is 1140. The van der Waals surface area contributed by atoms with Gasteiger partial charge in [-0.2, -0.15) is 0 Å². The zero-order valence-corrected chi connectivity index (χ0v) is 19.6. The minimum Gasteiger partial charge on any atom is -0.508 e. The van der Waals surface area contributed by atoms with E-state index in [0.717, 1.165) is 23.2 Å². The van der Waals surface area contributed by atoms with Gasteiger partial charge in [0.15, 0.2) is 5.82 Å². The van der Waals surface area contributed by atoms with Crippen molar-refractivity contribution in [3.05, 3.63) is 94.8 Å². The Balaban J connectivity index is 1.83. The van der Waals surface area contributed by atoms with Crippen LogP contribution in [0.3, 0.4) is 0 Å². The van der Waals surface area contributed by atoms with E-state index in [0.29, 0.717) is 41.5 Å². The molecule has 0 aliphatic rings. The number of aromatic hydroxyl groups is 1. The lowest BCUT2D eigenvalue weighted by Gasteiger charge is -2.14. The third kappa shape index (κ3) is 7.29. The Morgan fingerprint density at radius 3 is 2.52 bits per heavy atom. The van der Waals surface area contributed by atoms with E-state index < -0.39 is 0 Å². The highest BCUT2D eigenvalue weighted by molar-refractivity contribution is 6.31. The van der Waals surface area contributed by atoms with Gasteiger partial charge in [-0.1, -0.05) is 61.0 Å². The van der Waals surface area contributed by atoms with Crippen molar-refractivity contribution in [1.29, 1.82) is 0 Å². The molecule has 6 heteroatoms. The predicted molar refractivity (Wildman–Crippen MR) is 134 cm³/mol. The first-order chi connectivity index (χ1) is 16.0. The van der Waals surface area contributed by atoms with Crippen LogP contribution in [0.4, 0.5) is 5.82 Å². The van der Waals surface area contributed by atoms with Crippen molar-refractivity contribution >= 4 is 23.3 Å². The Kier molecular flexibility index (Phi) is 8.79. The number of carbonyl (C=O) groups excluding carboxylic acids is 1. The molecule has 2 aromatic carbocycles. The summed E-state index contributed by atoms with van der Waals surface area (Å²) in [7, 11) is 0. The van der Waals surface area contributed by atoms with E-state index in [-0.39, 0.29) is 11.7 Å². The smallest absolute Gasteiger partial charge is 0.225 e. The number of nitrogens with one attached hydrogen (secondary N) is 1. The average Bonchev–Trinajstić information content (AvgIpc) is 2.80. The van der Waals surface area contributed by atoms with Crippen molar-refractivity contribution in [2.75, 3.05) is 5.32 Å². The van der Waals surface area contributed by atoms with E-state index in [1.807, 2.05) is 62.4 Å². The second-order valence-corrected chi connectivity index (χ2v) is 8.09. The summed E-state index contributed by atoms with van der Waals surface area (Å²) in [4.78, 5) is 22.1. The van der Waals surface area contributed by atoms with Gasteiger partial charge in [0.2, 0.25) is 5.91 Å². The molecule has 3 aromatic rings. The maximum atomic E-state index is 12.6. The van der Waals surface area contributed by atoms with Gasteiger partial charge in [0.25, 0.3) is 0 Å². The molecule has 0 bridgehead atoms. The number of rotatable bonds is 9. The molecule has 170 valence electrons. The third-order valence-electron chi connectivity index (χ3n) is 4.97. The molecule has 0 unspecified atom stereocenters. The minimum absolute atomic E-state index is 0.129. The monoisotopic (exact) mass is 461 g/mol. The van der Waals surface area contributed by atoms with Crippen molar-refractivity contribution in [1.82, 2.24) is 9.97 Å². The quantitative estimate of drug-likeness (QED) is 0.354. The summed E-state index contributed by atoms with van der Waals surface area (Å²) in [5, 5.41) is 13.2. The topological polar surface area (TPSA) is 75.1 Å². The van der Waals surface area contributed by atoms with Crippen molar-refractivity contribution < 1.29 is 9.90 Å². The lowest BCUT2D eigenvalue weighted by molar-refractivity contribution is -0.116. The molecule has 1 amide bonds. The highest BCUT2D eigenvalue weighted by atomic mass is 35.5. The standard InChI is InChI=1S/C27H28ClN3O2/c1-3-9-22(28)12-7-8-13-25(33)31-27-24(18-20-10-5-4-6-11-20)30-26(19(2)29-27)21-14-16-23(32)17-15-21/h4-7,9-12,14-17,32H,3,8,13,18H2,1-2H3,(H,29,31,33)/b12-7-,22-9+. The Hall–Kier alpha value is -3.44. The van der Waals surface area contributed by atoms with Crippen molar-refractivity contribution in [3.8, 4) is 17.0 Å². The first-order valence-corrected chi connectivity index (χ1v) is 11.4. The number of nitrogens with zero attached hydrogens (tertiary/aromatic N) is 2. The number of amides is 1. The molecule has 5 nitrogen and oxygen atoms in total. The summed E-state index contributed by atoms with van der Waals surface area (Å²) in [6.45, 7) is 3.88. The summed E-state index contributed by atoms with van der Waals surface area (Å²) < 4.78 is 0. The van der Waals surface area contributed by atoms with Crippen LogP contribution in [0.5, 0.6) is 5.75 Å². The molecule has 0 aliphatic heterocycles. The van der Waals surface area contributed by atoms with Crippen LogP contribution in [-0.2, 0) is 11.2 Å². The summed E-state index contributed by atoms with van der Waals surface area (Å²) in [5.74, 6) is 0.533. The maximum absolute atomic E-state index is 12.6. The second kappa shape index (κ2) is 12.0. The molecular weight excluding hydrogens is 434 g/mol. The van der Waals surface area contributed by atoms with E-state index in [2.05, 4.69) is 10.3 Å². The van der Waals surface area contributed by atoms with E-state index >= 15 is 0 Å². The number of aromatic nitrogens is 2. The Morgan fingerprint density at radius 1 is 1.09 bits per heavy atom. The number of anilines is 1. The van der Waals surface area contributed by atoms with E-state index in [1.54, 1.807) is 24.3 Å². The van der Waals surface area contributed by atoms with E-state index in [1.165, 1.54) is 0 Å². The van der Waals surface area contributed by atoms with E-state index in [4.69, 9.17) is 16.6 Å². The highest BCUT2D eigenvalue weighted by Crippen LogP contribution is 2.26. The molecular formula is C27H28ClN3O2. The van der Waals surface area contributed by atoms with Crippen molar-refractivity contribution in [3.63, 3.8) is 0 Å². The van der Waals surface area contributed by atoms with Gasteiger partial charge in [0.05, 0.1) is 17.1 Å². The van der Waals surface area contributed by atoms with Gasteiger partial charge in [-0.05, 0) is 55.7 Å². The lowest BCUT2D eigenvalue weighted by Crippen LogP contribution is -2.16. The van der Waals surface area contributed by atoms with Crippen LogP contribution >= 0.6 is 11.6 Å². The van der Waals surface area contributed by atoms with Gasteiger partial charge >= 0.3 is 0 Å². The largest absolute Gasteiger partial charge is 0.508 e. The number of benzene rings is 2. The zero-order chi connectivity index (χ0) is 23.6. The fraction of sp³-hybridized carbons (Fsp3) is 0.222. The molecule has 3 rings (SSSR count). The Labute approximate surface area is 199 Å².